The van der Waals surface area contributed by atoms with Gasteiger partial charge in [-0.15, -0.1) is 0 Å². The number of rotatable bonds is 5. The van der Waals surface area contributed by atoms with Crippen LogP contribution in [-0.4, -0.2) is 31.9 Å². The predicted octanol–water partition coefficient (Wildman–Crippen LogP) is 3.35. The minimum Gasteiger partial charge on any atom is -0.494 e. The van der Waals surface area contributed by atoms with E-state index in [-0.39, 0.29) is 6.04 Å². The number of aryl methyl sites for hydroxylation is 1. The fourth-order valence-corrected chi connectivity index (χ4v) is 4.79. The third-order valence-electron chi connectivity index (χ3n) is 4.10. The molecule has 118 valence electrons. The topological polar surface area (TPSA) is 46.6 Å². The van der Waals surface area contributed by atoms with Gasteiger partial charge in [0, 0.05) is 12.6 Å². The van der Waals surface area contributed by atoms with Gasteiger partial charge in [0.2, 0.25) is 10.0 Å². The monoisotopic (exact) mass is 311 g/mol. The van der Waals surface area contributed by atoms with E-state index < -0.39 is 10.0 Å². The summed E-state index contributed by atoms with van der Waals surface area (Å²) >= 11 is 0. The van der Waals surface area contributed by atoms with E-state index in [1.54, 1.807) is 22.5 Å². The average Bonchev–Trinajstić information content (AvgIpc) is 2.49. The highest BCUT2D eigenvalue weighted by molar-refractivity contribution is 7.89. The molecule has 1 saturated heterocycles. The average molecular weight is 311 g/mol. The highest BCUT2D eigenvalue weighted by atomic mass is 32.2. The zero-order valence-electron chi connectivity index (χ0n) is 13.1. The van der Waals surface area contributed by atoms with E-state index in [9.17, 15) is 8.42 Å². The summed E-state index contributed by atoms with van der Waals surface area (Å²) in [5.41, 5.74) is 0.864. The van der Waals surface area contributed by atoms with Crippen molar-refractivity contribution in [2.75, 3.05) is 13.2 Å². The Kier molecular flexibility index (Phi) is 5.27. The summed E-state index contributed by atoms with van der Waals surface area (Å²) in [6.07, 6.45) is 3.90. The normalized spacial score (nSPS) is 20.4. The van der Waals surface area contributed by atoms with E-state index >= 15 is 0 Å². The van der Waals surface area contributed by atoms with E-state index in [0.717, 1.165) is 37.0 Å². The molecular formula is C16H25NO3S. The molecule has 5 heteroatoms. The molecule has 0 N–H and O–H groups in total. The highest BCUT2D eigenvalue weighted by Gasteiger charge is 2.32. The molecule has 0 aromatic heterocycles. The van der Waals surface area contributed by atoms with Gasteiger partial charge in [-0.1, -0.05) is 13.3 Å². The minimum atomic E-state index is -3.40. The first-order chi connectivity index (χ1) is 10.0. The van der Waals surface area contributed by atoms with Crippen molar-refractivity contribution in [1.82, 2.24) is 4.31 Å². The van der Waals surface area contributed by atoms with Crippen LogP contribution in [0, 0.1) is 6.92 Å². The molecule has 0 bridgehead atoms. The molecule has 2 rings (SSSR count). The van der Waals surface area contributed by atoms with Gasteiger partial charge >= 0.3 is 0 Å². The lowest BCUT2D eigenvalue weighted by Crippen LogP contribution is -2.43. The molecule has 0 amide bonds. The molecule has 1 aromatic rings. The molecule has 21 heavy (non-hydrogen) atoms. The quantitative estimate of drug-likeness (QED) is 0.838. The van der Waals surface area contributed by atoms with Gasteiger partial charge in [0.1, 0.15) is 5.75 Å². The van der Waals surface area contributed by atoms with Crippen LogP contribution < -0.4 is 4.74 Å². The van der Waals surface area contributed by atoms with Crippen LogP contribution in [0.15, 0.2) is 23.1 Å². The molecule has 0 spiro atoms. The number of hydrogen-bond donors (Lipinski definition) is 0. The molecule has 4 nitrogen and oxygen atoms in total. The van der Waals surface area contributed by atoms with Gasteiger partial charge < -0.3 is 4.74 Å². The molecule has 0 aliphatic carbocycles. The lowest BCUT2D eigenvalue weighted by molar-refractivity contribution is 0.246. The van der Waals surface area contributed by atoms with Gasteiger partial charge in [-0.25, -0.2) is 8.42 Å². The predicted molar refractivity (Wildman–Crippen MR) is 84.2 cm³/mol. The van der Waals surface area contributed by atoms with Gasteiger partial charge in [0.25, 0.3) is 0 Å². The molecule has 1 aliphatic heterocycles. The molecule has 1 aliphatic rings. The molecule has 1 fully saturated rings. The Bertz CT molecular complexity index is 583. The zero-order valence-corrected chi connectivity index (χ0v) is 13.9. The molecule has 1 atom stereocenters. The van der Waals surface area contributed by atoms with E-state index in [1.165, 1.54) is 0 Å². The Labute approximate surface area is 128 Å². The van der Waals surface area contributed by atoms with Crippen molar-refractivity contribution in [3.8, 4) is 5.75 Å². The van der Waals surface area contributed by atoms with Crippen molar-refractivity contribution in [3.63, 3.8) is 0 Å². The number of hydrogen-bond acceptors (Lipinski definition) is 3. The van der Waals surface area contributed by atoms with Gasteiger partial charge in [-0.3, -0.25) is 0 Å². The van der Waals surface area contributed by atoms with E-state index in [2.05, 4.69) is 6.92 Å². The Morgan fingerprint density at radius 1 is 1.29 bits per heavy atom. The number of piperidine rings is 1. The van der Waals surface area contributed by atoms with Crippen molar-refractivity contribution < 1.29 is 13.2 Å². The molecule has 0 radical (unpaired) electrons. The number of nitrogens with zero attached hydrogens (tertiary/aromatic N) is 1. The van der Waals surface area contributed by atoms with Crippen LogP contribution in [0.3, 0.4) is 0 Å². The van der Waals surface area contributed by atoms with Crippen molar-refractivity contribution >= 4 is 10.0 Å². The third-order valence-corrected chi connectivity index (χ3v) is 6.05. The molecule has 0 saturated carbocycles. The van der Waals surface area contributed by atoms with E-state index in [0.29, 0.717) is 18.0 Å². The van der Waals surface area contributed by atoms with Crippen LogP contribution in [0.25, 0.3) is 0 Å². The van der Waals surface area contributed by atoms with Crippen LogP contribution >= 0.6 is 0 Å². The first-order valence-electron chi connectivity index (χ1n) is 7.76. The number of ether oxygens (including phenoxy) is 1. The second-order valence-electron chi connectivity index (χ2n) is 5.53. The fraction of sp³-hybridized carbons (Fsp3) is 0.625. The second-order valence-corrected chi connectivity index (χ2v) is 7.42. The van der Waals surface area contributed by atoms with Gasteiger partial charge in [-0.2, -0.15) is 4.31 Å². The fourth-order valence-electron chi connectivity index (χ4n) is 2.93. The van der Waals surface area contributed by atoms with Gasteiger partial charge in [0.05, 0.1) is 11.5 Å². The molecular weight excluding hydrogens is 286 g/mol. The SMILES string of the molecule is CCOc1ccc(S(=O)(=O)N2CCCC[C@H]2CC)cc1C. The van der Waals surface area contributed by atoms with Gasteiger partial charge in [0.15, 0.2) is 0 Å². The summed E-state index contributed by atoms with van der Waals surface area (Å²) in [6, 6.07) is 5.28. The zero-order chi connectivity index (χ0) is 15.5. The summed E-state index contributed by atoms with van der Waals surface area (Å²) in [6.45, 7) is 7.08. The van der Waals surface area contributed by atoms with Crippen molar-refractivity contribution in [3.05, 3.63) is 23.8 Å². The largest absolute Gasteiger partial charge is 0.494 e. The highest BCUT2D eigenvalue weighted by Crippen LogP contribution is 2.29. The Morgan fingerprint density at radius 2 is 2.05 bits per heavy atom. The summed E-state index contributed by atoms with van der Waals surface area (Å²) in [4.78, 5) is 0.379. The Hall–Kier alpha value is -1.07. The van der Waals surface area contributed by atoms with Crippen LogP contribution in [0.5, 0.6) is 5.75 Å². The smallest absolute Gasteiger partial charge is 0.243 e. The Morgan fingerprint density at radius 3 is 2.67 bits per heavy atom. The van der Waals surface area contributed by atoms with Crippen molar-refractivity contribution in [2.45, 2.75) is 57.4 Å². The first-order valence-corrected chi connectivity index (χ1v) is 9.20. The van der Waals surface area contributed by atoms with Crippen molar-refractivity contribution in [1.29, 1.82) is 0 Å². The lowest BCUT2D eigenvalue weighted by Gasteiger charge is -2.34. The maximum absolute atomic E-state index is 12.9. The van der Waals surface area contributed by atoms with Crippen LogP contribution in [0.4, 0.5) is 0 Å². The van der Waals surface area contributed by atoms with E-state index in [4.69, 9.17) is 4.74 Å². The summed E-state index contributed by atoms with van der Waals surface area (Å²) in [5, 5.41) is 0. The van der Waals surface area contributed by atoms with Gasteiger partial charge in [-0.05, 0) is 56.9 Å². The second kappa shape index (κ2) is 6.79. The number of sulfonamides is 1. The first kappa shape index (κ1) is 16.3. The van der Waals surface area contributed by atoms with Crippen LogP contribution in [0.2, 0.25) is 0 Å². The summed E-state index contributed by atoms with van der Waals surface area (Å²) in [5.74, 6) is 0.752. The maximum atomic E-state index is 12.9. The minimum absolute atomic E-state index is 0.135. The lowest BCUT2D eigenvalue weighted by atomic mass is 10.0. The third kappa shape index (κ3) is 3.40. The Balaban J connectivity index is 2.32. The summed E-state index contributed by atoms with van der Waals surface area (Å²) < 4.78 is 32.9. The standard InChI is InChI=1S/C16H25NO3S/c1-4-14-8-6-7-11-17(14)21(18,19)15-9-10-16(20-5-2)13(3)12-15/h9-10,12,14H,4-8,11H2,1-3H3/t14-/m1/s1. The molecule has 1 aromatic carbocycles. The number of benzene rings is 1. The summed E-state index contributed by atoms with van der Waals surface area (Å²) in [7, 11) is -3.40. The van der Waals surface area contributed by atoms with Crippen LogP contribution in [0.1, 0.15) is 45.1 Å². The van der Waals surface area contributed by atoms with Crippen LogP contribution in [-0.2, 0) is 10.0 Å². The van der Waals surface area contributed by atoms with Crippen molar-refractivity contribution in [2.24, 2.45) is 0 Å². The van der Waals surface area contributed by atoms with E-state index in [1.807, 2.05) is 13.8 Å². The molecule has 0 unspecified atom stereocenters. The maximum Gasteiger partial charge on any atom is 0.243 e. The molecule has 1 heterocycles.